The van der Waals surface area contributed by atoms with Gasteiger partial charge in [0.1, 0.15) is 11.5 Å². The third-order valence-electron chi connectivity index (χ3n) is 2.54. The van der Waals surface area contributed by atoms with Crippen molar-refractivity contribution in [3.8, 4) is 11.3 Å². The number of aromatic nitrogens is 2. The summed E-state index contributed by atoms with van der Waals surface area (Å²) in [5, 5.41) is 0. The Labute approximate surface area is 92.0 Å². The van der Waals surface area contributed by atoms with Crippen LogP contribution in [0.15, 0.2) is 54.9 Å². The Kier molecular flexibility index (Phi) is 1.96. The first-order valence-electron chi connectivity index (χ1n) is 5.02. The van der Waals surface area contributed by atoms with E-state index in [2.05, 4.69) is 4.98 Å². The van der Waals surface area contributed by atoms with Gasteiger partial charge in [-0.25, -0.2) is 9.37 Å². The average Bonchev–Trinajstić information content (AvgIpc) is 2.72. The SMILES string of the molecule is Fc1cccc(-c2cnc3ccccn23)c1. The lowest BCUT2D eigenvalue weighted by Gasteiger charge is -2.01. The molecule has 0 unspecified atom stereocenters. The molecule has 0 aliphatic rings. The number of hydrogen-bond acceptors (Lipinski definition) is 1. The molecule has 3 aromatic rings. The van der Waals surface area contributed by atoms with E-state index in [0.29, 0.717) is 0 Å². The fourth-order valence-corrected chi connectivity index (χ4v) is 1.79. The molecule has 0 atom stereocenters. The van der Waals surface area contributed by atoms with Crippen LogP contribution in [-0.4, -0.2) is 9.38 Å². The Morgan fingerprint density at radius 2 is 2.00 bits per heavy atom. The van der Waals surface area contributed by atoms with Crippen LogP contribution < -0.4 is 0 Å². The van der Waals surface area contributed by atoms with Crippen molar-refractivity contribution in [2.75, 3.05) is 0 Å². The van der Waals surface area contributed by atoms with Gasteiger partial charge in [0.2, 0.25) is 0 Å². The highest BCUT2D eigenvalue weighted by molar-refractivity contribution is 5.63. The summed E-state index contributed by atoms with van der Waals surface area (Å²) in [6, 6.07) is 12.3. The van der Waals surface area contributed by atoms with Gasteiger partial charge in [-0.05, 0) is 24.3 Å². The molecule has 2 aromatic heterocycles. The quantitative estimate of drug-likeness (QED) is 0.605. The summed E-state index contributed by atoms with van der Waals surface area (Å²) < 4.78 is 15.1. The average molecular weight is 212 g/mol. The van der Waals surface area contributed by atoms with Gasteiger partial charge in [0, 0.05) is 11.8 Å². The van der Waals surface area contributed by atoms with E-state index < -0.39 is 0 Å². The zero-order valence-electron chi connectivity index (χ0n) is 8.47. The van der Waals surface area contributed by atoms with Crippen LogP contribution in [-0.2, 0) is 0 Å². The van der Waals surface area contributed by atoms with E-state index in [1.807, 2.05) is 34.9 Å². The standard InChI is InChI=1S/C13H9FN2/c14-11-5-3-4-10(8-11)12-9-15-13-6-1-2-7-16(12)13/h1-9H. The van der Waals surface area contributed by atoms with Gasteiger partial charge in [-0.2, -0.15) is 0 Å². The third-order valence-corrected chi connectivity index (χ3v) is 2.54. The lowest BCUT2D eigenvalue weighted by Crippen LogP contribution is -1.87. The molecule has 3 rings (SSSR count). The Hall–Kier alpha value is -2.16. The van der Waals surface area contributed by atoms with Crippen molar-refractivity contribution in [2.24, 2.45) is 0 Å². The van der Waals surface area contributed by atoms with E-state index in [-0.39, 0.29) is 5.82 Å². The van der Waals surface area contributed by atoms with E-state index in [1.54, 1.807) is 12.3 Å². The largest absolute Gasteiger partial charge is 0.300 e. The lowest BCUT2D eigenvalue weighted by molar-refractivity contribution is 0.628. The normalized spacial score (nSPS) is 10.8. The number of benzene rings is 1. The van der Waals surface area contributed by atoms with Crippen LogP contribution in [0.4, 0.5) is 4.39 Å². The van der Waals surface area contributed by atoms with E-state index >= 15 is 0 Å². The molecule has 0 amide bonds. The molecule has 1 aromatic carbocycles. The number of imidazole rings is 1. The third kappa shape index (κ3) is 1.37. The zero-order chi connectivity index (χ0) is 11.0. The van der Waals surface area contributed by atoms with Gasteiger partial charge in [-0.1, -0.05) is 18.2 Å². The van der Waals surface area contributed by atoms with Crippen LogP contribution >= 0.6 is 0 Å². The molecule has 0 aliphatic heterocycles. The van der Waals surface area contributed by atoms with Crippen molar-refractivity contribution in [1.29, 1.82) is 0 Å². The predicted octanol–water partition coefficient (Wildman–Crippen LogP) is 3.14. The molecule has 0 radical (unpaired) electrons. The van der Waals surface area contributed by atoms with Crippen molar-refractivity contribution in [2.45, 2.75) is 0 Å². The highest BCUT2D eigenvalue weighted by Crippen LogP contribution is 2.21. The van der Waals surface area contributed by atoms with Crippen molar-refractivity contribution in [3.63, 3.8) is 0 Å². The number of rotatable bonds is 1. The molecule has 0 spiro atoms. The fourth-order valence-electron chi connectivity index (χ4n) is 1.79. The van der Waals surface area contributed by atoms with Crippen molar-refractivity contribution < 1.29 is 4.39 Å². The molecule has 0 bridgehead atoms. The second-order valence-corrected chi connectivity index (χ2v) is 3.58. The van der Waals surface area contributed by atoms with Crippen LogP contribution in [0.1, 0.15) is 0 Å². The van der Waals surface area contributed by atoms with Gasteiger partial charge < -0.3 is 0 Å². The molecule has 78 valence electrons. The minimum Gasteiger partial charge on any atom is -0.300 e. The van der Waals surface area contributed by atoms with E-state index in [0.717, 1.165) is 16.9 Å². The van der Waals surface area contributed by atoms with Crippen molar-refractivity contribution in [1.82, 2.24) is 9.38 Å². The predicted molar refractivity (Wildman–Crippen MR) is 60.6 cm³/mol. The molecular weight excluding hydrogens is 203 g/mol. The number of halogens is 1. The smallest absolute Gasteiger partial charge is 0.137 e. The number of pyridine rings is 1. The first kappa shape index (κ1) is 9.09. The molecule has 0 aliphatic carbocycles. The highest BCUT2D eigenvalue weighted by atomic mass is 19.1. The summed E-state index contributed by atoms with van der Waals surface area (Å²) in [6.45, 7) is 0. The summed E-state index contributed by atoms with van der Waals surface area (Å²) in [5.74, 6) is -0.233. The molecule has 0 saturated heterocycles. The Balaban J connectivity index is 2.26. The van der Waals surface area contributed by atoms with Gasteiger partial charge in [0.15, 0.2) is 0 Å². The molecular formula is C13H9FN2. The molecule has 3 heteroatoms. The van der Waals surface area contributed by atoms with Crippen LogP contribution in [0.25, 0.3) is 16.9 Å². The van der Waals surface area contributed by atoms with Crippen LogP contribution in [0, 0.1) is 5.82 Å². The maximum Gasteiger partial charge on any atom is 0.137 e. The van der Waals surface area contributed by atoms with Gasteiger partial charge in [0.25, 0.3) is 0 Å². The van der Waals surface area contributed by atoms with Crippen LogP contribution in [0.5, 0.6) is 0 Å². The van der Waals surface area contributed by atoms with Gasteiger partial charge in [0.05, 0.1) is 11.9 Å². The van der Waals surface area contributed by atoms with E-state index in [1.165, 1.54) is 12.1 Å². The fraction of sp³-hybridized carbons (Fsp3) is 0. The Morgan fingerprint density at radius 3 is 2.88 bits per heavy atom. The summed E-state index contributed by atoms with van der Waals surface area (Å²) in [6.07, 6.45) is 3.67. The number of hydrogen-bond donors (Lipinski definition) is 0. The summed E-state index contributed by atoms with van der Waals surface area (Å²) in [4.78, 5) is 4.27. The highest BCUT2D eigenvalue weighted by Gasteiger charge is 2.05. The van der Waals surface area contributed by atoms with Gasteiger partial charge in [-0.15, -0.1) is 0 Å². The molecule has 2 heterocycles. The monoisotopic (exact) mass is 212 g/mol. The number of fused-ring (bicyclic) bond motifs is 1. The first-order valence-corrected chi connectivity index (χ1v) is 5.02. The van der Waals surface area contributed by atoms with Crippen LogP contribution in [0.3, 0.4) is 0 Å². The maximum atomic E-state index is 13.1. The first-order chi connectivity index (χ1) is 7.84. The number of nitrogens with zero attached hydrogens (tertiary/aromatic N) is 2. The van der Waals surface area contributed by atoms with Crippen molar-refractivity contribution in [3.05, 3.63) is 60.7 Å². The molecule has 16 heavy (non-hydrogen) atoms. The van der Waals surface area contributed by atoms with Crippen LogP contribution in [0.2, 0.25) is 0 Å². The Bertz CT molecular complexity index is 643. The summed E-state index contributed by atoms with van der Waals surface area (Å²) in [7, 11) is 0. The molecule has 0 fully saturated rings. The Morgan fingerprint density at radius 1 is 1.06 bits per heavy atom. The van der Waals surface area contributed by atoms with Gasteiger partial charge in [-0.3, -0.25) is 4.40 Å². The second kappa shape index (κ2) is 3.45. The maximum absolute atomic E-state index is 13.1. The molecule has 0 saturated carbocycles. The van der Waals surface area contributed by atoms with E-state index in [4.69, 9.17) is 0 Å². The molecule has 2 nitrogen and oxygen atoms in total. The minimum absolute atomic E-state index is 0.233. The topological polar surface area (TPSA) is 17.3 Å². The minimum atomic E-state index is -0.233. The van der Waals surface area contributed by atoms with Gasteiger partial charge >= 0.3 is 0 Å². The summed E-state index contributed by atoms with van der Waals surface area (Å²) in [5.41, 5.74) is 2.59. The second-order valence-electron chi connectivity index (χ2n) is 3.58. The zero-order valence-corrected chi connectivity index (χ0v) is 8.47. The lowest BCUT2D eigenvalue weighted by atomic mass is 10.1. The van der Waals surface area contributed by atoms with Crippen molar-refractivity contribution >= 4 is 5.65 Å². The molecule has 0 N–H and O–H groups in total. The summed E-state index contributed by atoms with van der Waals surface area (Å²) >= 11 is 0. The van der Waals surface area contributed by atoms with E-state index in [9.17, 15) is 4.39 Å².